The molecule has 2 aliphatic heterocycles. The number of aliphatic imine (C=N–C) groups is 2. The number of ether oxygens (including phenoxy) is 3. The molecule has 0 spiro atoms. The van der Waals surface area contributed by atoms with Crippen molar-refractivity contribution < 1.29 is 23.8 Å². The van der Waals surface area contributed by atoms with Crippen LogP contribution in [0, 0.1) is 6.92 Å². The van der Waals surface area contributed by atoms with Gasteiger partial charge in [0.1, 0.15) is 29.4 Å². The molecule has 2 aliphatic rings. The van der Waals surface area contributed by atoms with Crippen molar-refractivity contribution in [3.05, 3.63) is 119 Å². The van der Waals surface area contributed by atoms with Crippen LogP contribution in [-0.4, -0.2) is 108 Å². The Kier molecular flexibility index (Phi) is 17.1. The molecule has 3 heterocycles. The van der Waals surface area contributed by atoms with E-state index in [9.17, 15) is 9.59 Å². The fraction of sp³-hybridized carbons (Fsp3) is 0.380. The van der Waals surface area contributed by atoms with Crippen molar-refractivity contribution in [3.8, 4) is 17.2 Å². The molecule has 67 heavy (non-hydrogen) atoms. The van der Waals surface area contributed by atoms with Gasteiger partial charge in [-0.2, -0.15) is 5.10 Å². The minimum atomic E-state index is -0.570. The molecule has 0 radical (unpaired) electrons. The lowest BCUT2D eigenvalue weighted by Crippen LogP contribution is -2.41. The predicted octanol–water partition coefficient (Wildman–Crippen LogP) is 7.54. The summed E-state index contributed by atoms with van der Waals surface area (Å²) in [5, 5.41) is 18.8. The summed E-state index contributed by atoms with van der Waals surface area (Å²) < 4.78 is 19.3. The van der Waals surface area contributed by atoms with E-state index >= 15 is 0 Å². The Bertz CT molecular complexity index is 2600. The lowest BCUT2D eigenvalue weighted by Gasteiger charge is -2.27. The number of amidine groups is 1. The number of aryl methyl sites for hydroxylation is 1. The van der Waals surface area contributed by atoms with Gasteiger partial charge in [-0.05, 0) is 101 Å². The second-order valence-electron chi connectivity index (χ2n) is 15.8. The van der Waals surface area contributed by atoms with Crippen LogP contribution in [0.2, 0.25) is 0 Å². The molecule has 2 amide bonds. The summed E-state index contributed by atoms with van der Waals surface area (Å²) in [7, 11) is 3.30. The summed E-state index contributed by atoms with van der Waals surface area (Å²) in [5.41, 5.74) is 6.96. The van der Waals surface area contributed by atoms with Gasteiger partial charge in [-0.3, -0.25) is 24.1 Å². The Morgan fingerprint density at radius 3 is 1.72 bits per heavy atom. The number of nitrogens with zero attached hydrogens (tertiary/aromatic N) is 7. The second-order valence-corrected chi connectivity index (χ2v) is 18.1. The Labute approximate surface area is 401 Å². The molecular weight excluding hydrogens is 885 g/mol. The largest absolute Gasteiger partial charge is 0.497 e. The van der Waals surface area contributed by atoms with Crippen molar-refractivity contribution in [3.63, 3.8) is 0 Å². The molecule has 2 atom stereocenters. The number of thioether (sulfide) groups is 2. The Hall–Kier alpha value is -6.17. The van der Waals surface area contributed by atoms with Gasteiger partial charge in [-0.1, -0.05) is 24.3 Å². The second kappa shape index (κ2) is 23.5. The highest BCUT2D eigenvalue weighted by Gasteiger charge is 2.33. The third kappa shape index (κ3) is 11.7. The quantitative estimate of drug-likeness (QED) is 0.0286. The number of amides is 2. The van der Waals surface area contributed by atoms with Crippen LogP contribution in [0.3, 0.4) is 0 Å². The highest BCUT2D eigenvalue weighted by molar-refractivity contribution is 7.99. The van der Waals surface area contributed by atoms with Gasteiger partial charge in [-0.15, -0.1) is 33.7 Å². The first kappa shape index (κ1) is 48.8. The maximum Gasteiger partial charge on any atom is 0.222 e. The normalized spacial score (nSPS) is 15.9. The fourth-order valence-corrected chi connectivity index (χ4v) is 9.84. The number of benzodiazepines with no additional fused rings is 1. The van der Waals surface area contributed by atoms with Crippen LogP contribution in [0.25, 0.3) is 5.69 Å². The Morgan fingerprint density at radius 2 is 1.21 bits per heavy atom. The fourth-order valence-electron chi connectivity index (χ4n) is 8.19. The first-order valence-corrected chi connectivity index (χ1v) is 24.7. The lowest BCUT2D eigenvalue weighted by atomic mass is 9.99. The number of hydrogen-bond acceptors (Lipinski definition) is 13. The van der Waals surface area contributed by atoms with Crippen molar-refractivity contribution in [2.45, 2.75) is 75.3 Å². The number of methoxy groups -OCH3 is 2. The zero-order valence-electron chi connectivity index (χ0n) is 39.1. The van der Waals surface area contributed by atoms with Gasteiger partial charge < -0.3 is 35.6 Å². The van der Waals surface area contributed by atoms with Crippen molar-refractivity contribution in [2.24, 2.45) is 20.9 Å². The van der Waals surface area contributed by atoms with Crippen LogP contribution in [0.15, 0.2) is 110 Å². The van der Waals surface area contributed by atoms with Gasteiger partial charge in [0, 0.05) is 76.4 Å². The highest BCUT2D eigenvalue weighted by atomic mass is 32.2. The van der Waals surface area contributed by atoms with Crippen LogP contribution in [0.1, 0.15) is 86.4 Å². The smallest absolute Gasteiger partial charge is 0.222 e. The van der Waals surface area contributed by atoms with Crippen molar-refractivity contribution in [2.75, 3.05) is 63.5 Å². The molecule has 352 valence electrons. The summed E-state index contributed by atoms with van der Waals surface area (Å²) in [5.74, 6) is 10.9. The number of nitrogens with one attached hydrogen (secondary N) is 2. The summed E-state index contributed by atoms with van der Waals surface area (Å²) in [6, 6.07) is 27.5. The zero-order chi connectivity index (χ0) is 47.3. The van der Waals surface area contributed by atoms with E-state index in [4.69, 9.17) is 30.0 Å². The molecule has 17 heteroatoms. The number of hydrogen-bond donors (Lipinski definition) is 3. The first-order chi connectivity index (χ1) is 32.7. The average molecular weight is 945 g/mol. The summed E-state index contributed by atoms with van der Waals surface area (Å²) >= 11 is 3.59. The topological polar surface area (TPSA) is 183 Å². The number of carbonyl (C=O) groups is 2. The van der Waals surface area contributed by atoms with Crippen LogP contribution in [0.5, 0.6) is 11.5 Å². The molecule has 2 unspecified atom stereocenters. The van der Waals surface area contributed by atoms with Gasteiger partial charge in [-0.25, -0.2) is 0 Å². The number of hydrazone groups is 1. The molecule has 0 fully saturated rings. The molecule has 15 nitrogen and oxygen atoms in total. The minimum Gasteiger partial charge on any atom is -0.497 e. The molecule has 0 saturated carbocycles. The number of rotatable bonds is 21. The molecule has 0 bridgehead atoms. The summed E-state index contributed by atoms with van der Waals surface area (Å²) in [6.07, 6.45) is 2.14. The van der Waals surface area contributed by atoms with Crippen molar-refractivity contribution in [1.82, 2.24) is 25.4 Å². The van der Waals surface area contributed by atoms with Gasteiger partial charge >= 0.3 is 0 Å². The van der Waals surface area contributed by atoms with Crippen molar-refractivity contribution >= 4 is 58.3 Å². The Morgan fingerprint density at radius 1 is 0.701 bits per heavy atom. The SMILES string of the molecule is CCNC(=O)CC1N=C(c2ccc(SCCCOCCCSc3ccc(C4=NC(CC(=O)NCC)c5nnc(C)n5-c5ccc(OC)cc54)cc3)cc2)c2cc(OC)ccc2N(CC)C1=NN. The standard InChI is InChI=1S/C50H60N10O5S2/c1-7-52-45(61)30-41-49(56-51)59(9-3)43-22-16-35(63-5)28-39(43)47(54-41)33-12-18-37(19-13-33)66-26-10-24-65-25-11-27-67-38-20-14-34(15-21-38)48-40-29-36(64-6)17-23-44(40)60-32(4)57-58-50(60)42(55-48)31-46(62)53-8-2/h12-23,28-29,41-42H,7-11,24-27,30-31,51H2,1-6H3,(H,52,61)(H,53,62). The first-order valence-electron chi connectivity index (χ1n) is 22.8. The zero-order valence-corrected chi connectivity index (χ0v) is 40.7. The number of likely N-dealkylation sites (N-methyl/N-ethyl adjacent to an activating group) is 1. The molecule has 7 rings (SSSR count). The van der Waals surface area contributed by atoms with E-state index in [0.29, 0.717) is 56.0 Å². The number of benzene rings is 4. The van der Waals surface area contributed by atoms with Gasteiger partial charge in [0.25, 0.3) is 0 Å². The average Bonchev–Trinajstić information content (AvgIpc) is 3.60. The van der Waals surface area contributed by atoms with Crippen LogP contribution in [0.4, 0.5) is 5.69 Å². The van der Waals surface area contributed by atoms with E-state index in [-0.39, 0.29) is 24.7 Å². The number of carbonyl (C=O) groups excluding carboxylic acids is 2. The Balaban J connectivity index is 0.911. The van der Waals surface area contributed by atoms with E-state index in [1.165, 1.54) is 0 Å². The third-order valence-electron chi connectivity index (χ3n) is 11.4. The molecule has 1 aromatic heterocycles. The maximum atomic E-state index is 12.8. The van der Waals surface area contributed by atoms with Gasteiger partial charge in [0.05, 0.1) is 49.9 Å². The van der Waals surface area contributed by atoms with Crippen LogP contribution in [-0.2, 0) is 14.3 Å². The molecular formula is C50H60N10O5S2. The number of anilines is 1. The third-order valence-corrected chi connectivity index (χ3v) is 13.6. The van der Waals surface area contributed by atoms with Crippen molar-refractivity contribution in [1.29, 1.82) is 0 Å². The molecule has 4 aromatic carbocycles. The van der Waals surface area contributed by atoms with Gasteiger partial charge in [0.2, 0.25) is 11.8 Å². The molecule has 0 aliphatic carbocycles. The van der Waals surface area contributed by atoms with E-state index in [2.05, 4.69) is 74.5 Å². The van der Waals surface area contributed by atoms with E-state index in [0.717, 1.165) is 85.0 Å². The van der Waals surface area contributed by atoms with Gasteiger partial charge in [0.15, 0.2) is 11.7 Å². The highest BCUT2D eigenvalue weighted by Crippen LogP contribution is 2.36. The number of aromatic nitrogens is 3. The summed E-state index contributed by atoms with van der Waals surface area (Å²) in [6.45, 7) is 10.8. The van der Waals surface area contributed by atoms with E-state index < -0.39 is 12.1 Å². The maximum absolute atomic E-state index is 12.8. The number of fused-ring (bicyclic) bond motifs is 4. The van der Waals surface area contributed by atoms with Crippen LogP contribution < -0.4 is 30.8 Å². The summed E-state index contributed by atoms with van der Waals surface area (Å²) in [4.78, 5) is 40.3. The van der Waals surface area contributed by atoms with E-state index in [1.807, 2.05) is 73.6 Å². The lowest BCUT2D eigenvalue weighted by molar-refractivity contribution is -0.122. The van der Waals surface area contributed by atoms with Crippen LogP contribution >= 0.6 is 23.5 Å². The monoisotopic (exact) mass is 944 g/mol. The van der Waals surface area contributed by atoms with E-state index in [1.54, 1.807) is 37.7 Å². The molecule has 5 aromatic rings. The molecule has 4 N–H and O–H groups in total. The number of nitrogens with two attached hydrogens (primary N) is 1. The minimum absolute atomic E-state index is 0.0900. The molecule has 0 saturated heterocycles. The predicted molar refractivity (Wildman–Crippen MR) is 269 cm³/mol.